The number of aromatic nitrogens is 5. The number of rotatable bonds is 7. The first-order chi connectivity index (χ1) is 14.0. The van der Waals surface area contributed by atoms with Gasteiger partial charge >= 0.3 is 0 Å². The maximum atomic E-state index is 13.3. The van der Waals surface area contributed by atoms with E-state index in [1.54, 1.807) is 6.07 Å². The molecule has 2 saturated carbocycles. The molecule has 1 aromatic carbocycles. The number of hydrogen-bond acceptors (Lipinski definition) is 6. The minimum atomic E-state index is -0.363. The Balaban J connectivity index is 1.38. The van der Waals surface area contributed by atoms with E-state index in [0.29, 0.717) is 34.6 Å². The van der Waals surface area contributed by atoms with Crippen LogP contribution in [0.3, 0.4) is 0 Å². The van der Waals surface area contributed by atoms with Crippen molar-refractivity contribution in [3.8, 4) is 0 Å². The zero-order valence-corrected chi connectivity index (χ0v) is 16.7. The van der Waals surface area contributed by atoms with Gasteiger partial charge in [0.15, 0.2) is 5.82 Å². The number of hydrogen-bond donors (Lipinski definition) is 3. The van der Waals surface area contributed by atoms with Crippen molar-refractivity contribution in [1.82, 2.24) is 25.1 Å². The van der Waals surface area contributed by atoms with E-state index in [1.165, 1.54) is 25.0 Å². The average Bonchev–Trinajstić information content (AvgIpc) is 3.60. The summed E-state index contributed by atoms with van der Waals surface area (Å²) in [6.07, 6.45) is 4.57. The lowest BCUT2D eigenvalue weighted by Gasteiger charge is -2.16. The zero-order chi connectivity index (χ0) is 20.0. The molecule has 0 bridgehead atoms. The molecule has 2 aliphatic carbocycles. The van der Waals surface area contributed by atoms with Crippen molar-refractivity contribution in [2.75, 3.05) is 10.6 Å². The van der Waals surface area contributed by atoms with Crippen LogP contribution in [0, 0.1) is 5.82 Å². The van der Waals surface area contributed by atoms with Gasteiger partial charge in [0.25, 0.3) is 0 Å². The molecule has 2 aromatic heterocycles. The van der Waals surface area contributed by atoms with Crippen LogP contribution in [-0.2, 0) is 0 Å². The van der Waals surface area contributed by atoms with E-state index >= 15 is 0 Å². The zero-order valence-electron chi connectivity index (χ0n) is 15.9. The summed E-state index contributed by atoms with van der Waals surface area (Å²) in [4.78, 5) is 13.6. The maximum absolute atomic E-state index is 13.3. The van der Waals surface area contributed by atoms with Crippen LogP contribution in [0.2, 0.25) is 5.02 Å². The first-order valence-electron chi connectivity index (χ1n) is 9.85. The molecule has 2 aliphatic rings. The quantitative estimate of drug-likeness (QED) is 0.501. The number of H-pyrrole nitrogens is 1. The third-order valence-corrected chi connectivity index (χ3v) is 5.55. The molecule has 3 aromatic rings. The van der Waals surface area contributed by atoms with Gasteiger partial charge in [0, 0.05) is 28.6 Å². The summed E-state index contributed by atoms with van der Waals surface area (Å²) in [5, 5.41) is 14.2. The molecule has 7 nitrogen and oxygen atoms in total. The molecular formula is C20H21ClFN7. The van der Waals surface area contributed by atoms with E-state index in [1.807, 2.05) is 13.0 Å². The van der Waals surface area contributed by atoms with Crippen molar-refractivity contribution in [2.24, 2.45) is 0 Å². The van der Waals surface area contributed by atoms with E-state index in [2.05, 4.69) is 35.8 Å². The maximum Gasteiger partial charge on any atom is 0.233 e. The third-order valence-electron chi connectivity index (χ3n) is 5.22. The van der Waals surface area contributed by atoms with E-state index in [-0.39, 0.29) is 11.9 Å². The first kappa shape index (κ1) is 18.3. The van der Waals surface area contributed by atoms with Gasteiger partial charge in [0.1, 0.15) is 11.6 Å². The standard InChI is InChI=1S/C20H21ClFN7/c1-10(14-7-6-13(22)8-15(14)21)23-19-25-18(12-4-5-12)26-20(27-19)24-17-9-16(28-29-17)11-2-3-11/h6-12H,2-5H2,1H3,(H3,23,24,25,26,27,28,29). The molecule has 5 rings (SSSR count). The molecule has 0 spiro atoms. The van der Waals surface area contributed by atoms with Gasteiger partial charge in [-0.25, -0.2) is 4.39 Å². The number of halogens is 2. The van der Waals surface area contributed by atoms with Crippen LogP contribution in [-0.4, -0.2) is 25.1 Å². The Bertz CT molecular complexity index is 1050. The predicted octanol–water partition coefficient (Wildman–Crippen LogP) is 5.06. The highest BCUT2D eigenvalue weighted by molar-refractivity contribution is 6.31. The second-order valence-corrected chi connectivity index (χ2v) is 8.16. The Labute approximate surface area is 172 Å². The largest absolute Gasteiger partial charge is 0.347 e. The second kappa shape index (κ2) is 7.26. The third kappa shape index (κ3) is 4.17. The molecule has 150 valence electrons. The molecule has 2 fully saturated rings. The fourth-order valence-electron chi connectivity index (χ4n) is 3.28. The molecule has 0 amide bonds. The molecule has 0 saturated heterocycles. The van der Waals surface area contributed by atoms with Crippen LogP contribution in [0.15, 0.2) is 24.3 Å². The first-order valence-corrected chi connectivity index (χ1v) is 10.2. The summed E-state index contributed by atoms with van der Waals surface area (Å²) >= 11 is 6.20. The fourth-order valence-corrected chi connectivity index (χ4v) is 3.61. The van der Waals surface area contributed by atoms with Crippen LogP contribution >= 0.6 is 11.6 Å². The van der Waals surface area contributed by atoms with Gasteiger partial charge in [-0.15, -0.1) is 0 Å². The molecule has 9 heteroatoms. The van der Waals surface area contributed by atoms with Gasteiger partial charge in [-0.1, -0.05) is 17.7 Å². The molecular weight excluding hydrogens is 393 g/mol. The van der Waals surface area contributed by atoms with E-state index in [4.69, 9.17) is 11.6 Å². The molecule has 29 heavy (non-hydrogen) atoms. The SMILES string of the molecule is CC(Nc1nc(Nc2cc(C3CC3)[nH]n2)nc(C2CC2)n1)c1ccc(F)cc1Cl. The number of aromatic amines is 1. The van der Waals surface area contributed by atoms with Crippen LogP contribution in [0.4, 0.5) is 22.1 Å². The predicted molar refractivity (Wildman–Crippen MR) is 109 cm³/mol. The highest BCUT2D eigenvalue weighted by atomic mass is 35.5. The minimum Gasteiger partial charge on any atom is -0.347 e. The topological polar surface area (TPSA) is 91.4 Å². The molecule has 1 unspecified atom stereocenters. The van der Waals surface area contributed by atoms with Crippen molar-refractivity contribution >= 4 is 29.3 Å². The summed E-state index contributed by atoms with van der Waals surface area (Å²) in [6.45, 7) is 1.93. The molecule has 0 radical (unpaired) electrons. The van der Waals surface area contributed by atoms with Crippen LogP contribution < -0.4 is 10.6 Å². The average molecular weight is 414 g/mol. The van der Waals surface area contributed by atoms with Gasteiger partial charge < -0.3 is 10.6 Å². The lowest BCUT2D eigenvalue weighted by molar-refractivity contribution is 0.626. The fraction of sp³-hybridized carbons (Fsp3) is 0.400. The monoisotopic (exact) mass is 413 g/mol. The van der Waals surface area contributed by atoms with Crippen LogP contribution in [0.1, 0.15) is 67.6 Å². The molecule has 2 heterocycles. The smallest absolute Gasteiger partial charge is 0.233 e. The van der Waals surface area contributed by atoms with Gasteiger partial charge in [-0.05, 0) is 50.3 Å². The van der Waals surface area contributed by atoms with Gasteiger partial charge in [-0.3, -0.25) is 5.10 Å². The normalized spacial score (nSPS) is 17.2. The van der Waals surface area contributed by atoms with Crippen molar-refractivity contribution in [1.29, 1.82) is 0 Å². The Morgan fingerprint density at radius 2 is 1.83 bits per heavy atom. The van der Waals surface area contributed by atoms with Crippen LogP contribution in [0.5, 0.6) is 0 Å². The summed E-state index contributed by atoms with van der Waals surface area (Å²) in [5.74, 6) is 2.96. The highest BCUT2D eigenvalue weighted by Gasteiger charge is 2.29. The van der Waals surface area contributed by atoms with E-state index in [9.17, 15) is 4.39 Å². The summed E-state index contributed by atoms with van der Waals surface area (Å²) < 4.78 is 13.3. The lowest BCUT2D eigenvalue weighted by atomic mass is 10.1. The molecule has 3 N–H and O–H groups in total. The Morgan fingerprint density at radius 3 is 2.55 bits per heavy atom. The number of anilines is 3. The Hall–Kier alpha value is -2.74. The number of nitrogens with one attached hydrogen (secondary N) is 3. The van der Waals surface area contributed by atoms with Crippen molar-refractivity contribution < 1.29 is 4.39 Å². The molecule has 0 aliphatic heterocycles. The van der Waals surface area contributed by atoms with Gasteiger partial charge in [0.2, 0.25) is 11.9 Å². The van der Waals surface area contributed by atoms with Gasteiger partial charge in [0.05, 0.1) is 6.04 Å². The van der Waals surface area contributed by atoms with Gasteiger partial charge in [-0.2, -0.15) is 20.1 Å². The lowest BCUT2D eigenvalue weighted by Crippen LogP contribution is -2.13. The summed E-state index contributed by atoms with van der Waals surface area (Å²) in [5.41, 5.74) is 1.92. The minimum absolute atomic E-state index is 0.197. The Morgan fingerprint density at radius 1 is 1.07 bits per heavy atom. The van der Waals surface area contributed by atoms with Crippen molar-refractivity contribution in [3.63, 3.8) is 0 Å². The molecule has 1 atom stereocenters. The highest BCUT2D eigenvalue weighted by Crippen LogP contribution is 2.40. The van der Waals surface area contributed by atoms with E-state index in [0.717, 1.165) is 29.9 Å². The summed E-state index contributed by atoms with van der Waals surface area (Å²) in [6, 6.07) is 6.18. The van der Waals surface area contributed by atoms with Crippen molar-refractivity contribution in [2.45, 2.75) is 50.5 Å². The van der Waals surface area contributed by atoms with Crippen molar-refractivity contribution in [3.05, 3.63) is 52.2 Å². The number of nitrogens with zero attached hydrogens (tertiary/aromatic N) is 4. The summed E-state index contributed by atoms with van der Waals surface area (Å²) in [7, 11) is 0. The van der Waals surface area contributed by atoms with Crippen LogP contribution in [0.25, 0.3) is 0 Å². The van der Waals surface area contributed by atoms with E-state index < -0.39 is 0 Å². The Kier molecular flexibility index (Phi) is 4.58. The second-order valence-electron chi connectivity index (χ2n) is 7.75. The number of benzene rings is 1.